The Morgan fingerprint density at radius 1 is 0.927 bits per heavy atom. The number of carbonyl (C=O) groups is 4. The second-order valence-electron chi connectivity index (χ2n) is 8.56. The molecule has 3 aromatic carbocycles. The molecule has 0 radical (unpaired) electrons. The maximum absolute atomic E-state index is 13.5. The molecule has 12 heteroatoms. The molecule has 0 bridgehead atoms. The molecular formula is C29H24Cl2N2O8. The number of amides is 4. The molecule has 1 saturated heterocycles. The molecule has 4 rings (SSSR count). The van der Waals surface area contributed by atoms with Crippen LogP contribution in [0, 0.1) is 0 Å². The third-order valence-electron chi connectivity index (χ3n) is 5.80. The molecule has 212 valence electrons. The van der Waals surface area contributed by atoms with Gasteiger partial charge in [-0.2, -0.15) is 0 Å². The standard InChI is InChI=1S/C29H24Cl2N2O8/c1-3-39-19-9-10-24(40-4-2)23(14-19)33-27(35)20(26(34)32-29(33)38)11-17-12-21(30)25(22(31)13-17)41-15-16-5-7-18(8-6-16)28(36)37/h5-14H,3-4,15H2,1-2H3,(H,36,37)(H,32,34,38)/b20-11+. The quantitative estimate of drug-likeness (QED) is 0.223. The molecule has 0 aliphatic carbocycles. The number of carboxylic acid groups (broad SMARTS) is 1. The van der Waals surface area contributed by atoms with Crippen molar-refractivity contribution in [1.82, 2.24) is 5.32 Å². The van der Waals surface area contributed by atoms with Crippen LogP contribution in [0.25, 0.3) is 6.08 Å². The fraction of sp³-hybridized carbons (Fsp3) is 0.172. The molecule has 1 aliphatic heterocycles. The highest BCUT2D eigenvalue weighted by Crippen LogP contribution is 2.37. The molecule has 1 aliphatic rings. The zero-order valence-corrected chi connectivity index (χ0v) is 23.4. The van der Waals surface area contributed by atoms with Crippen LogP contribution >= 0.6 is 23.2 Å². The Labute approximate surface area is 245 Å². The van der Waals surface area contributed by atoms with Crippen LogP contribution in [0.5, 0.6) is 17.2 Å². The number of hydrogen-bond donors (Lipinski definition) is 2. The van der Waals surface area contributed by atoms with Crippen molar-refractivity contribution in [2.24, 2.45) is 0 Å². The van der Waals surface area contributed by atoms with Gasteiger partial charge in [-0.3, -0.25) is 14.9 Å². The van der Waals surface area contributed by atoms with Gasteiger partial charge in [-0.1, -0.05) is 35.3 Å². The topological polar surface area (TPSA) is 131 Å². The molecular weight excluding hydrogens is 575 g/mol. The smallest absolute Gasteiger partial charge is 0.336 e. The average Bonchev–Trinajstić information content (AvgIpc) is 2.92. The van der Waals surface area contributed by atoms with E-state index in [4.69, 9.17) is 42.5 Å². The van der Waals surface area contributed by atoms with Crippen molar-refractivity contribution >= 4 is 58.8 Å². The molecule has 0 spiro atoms. The number of urea groups is 1. The number of hydrogen-bond acceptors (Lipinski definition) is 7. The Kier molecular flexibility index (Phi) is 9.16. The van der Waals surface area contributed by atoms with E-state index in [0.717, 1.165) is 4.90 Å². The Morgan fingerprint density at radius 3 is 2.20 bits per heavy atom. The Morgan fingerprint density at radius 2 is 1.59 bits per heavy atom. The fourth-order valence-corrected chi connectivity index (χ4v) is 4.56. The van der Waals surface area contributed by atoms with Crippen molar-refractivity contribution in [2.75, 3.05) is 18.1 Å². The van der Waals surface area contributed by atoms with E-state index in [9.17, 15) is 19.2 Å². The van der Waals surface area contributed by atoms with E-state index < -0.39 is 23.8 Å². The van der Waals surface area contributed by atoms with E-state index in [1.54, 1.807) is 38.1 Å². The lowest BCUT2D eigenvalue weighted by Gasteiger charge is -2.28. The van der Waals surface area contributed by atoms with Gasteiger partial charge < -0.3 is 19.3 Å². The minimum atomic E-state index is -1.04. The molecule has 41 heavy (non-hydrogen) atoms. The van der Waals surface area contributed by atoms with Gasteiger partial charge in [0, 0.05) is 6.07 Å². The number of imide groups is 2. The summed E-state index contributed by atoms with van der Waals surface area (Å²) in [5, 5.41) is 11.4. The van der Waals surface area contributed by atoms with Gasteiger partial charge in [-0.15, -0.1) is 0 Å². The normalized spacial score (nSPS) is 14.2. The van der Waals surface area contributed by atoms with Crippen LogP contribution in [0.4, 0.5) is 10.5 Å². The molecule has 2 N–H and O–H groups in total. The zero-order valence-electron chi connectivity index (χ0n) is 21.9. The summed E-state index contributed by atoms with van der Waals surface area (Å²) in [6.07, 6.45) is 1.26. The molecule has 0 unspecified atom stereocenters. The number of benzene rings is 3. The van der Waals surface area contributed by atoms with Crippen molar-refractivity contribution < 1.29 is 38.5 Å². The second kappa shape index (κ2) is 12.8. The van der Waals surface area contributed by atoms with E-state index in [0.29, 0.717) is 23.5 Å². The van der Waals surface area contributed by atoms with Crippen LogP contribution in [0.2, 0.25) is 10.0 Å². The molecule has 0 saturated carbocycles. The predicted octanol–water partition coefficient (Wildman–Crippen LogP) is 5.73. The number of nitrogens with one attached hydrogen (secondary N) is 1. The highest BCUT2D eigenvalue weighted by Gasteiger charge is 2.38. The SMILES string of the molecule is CCOc1ccc(OCC)c(N2C(=O)NC(=O)/C(=C\c3cc(Cl)c(OCc4ccc(C(=O)O)cc4)c(Cl)c3)C2=O)c1. The number of ether oxygens (including phenoxy) is 3. The summed E-state index contributed by atoms with van der Waals surface area (Å²) in [4.78, 5) is 50.8. The van der Waals surface area contributed by atoms with Gasteiger partial charge in [0.15, 0.2) is 5.75 Å². The Hall–Kier alpha value is -4.54. The Balaban J connectivity index is 1.62. The van der Waals surface area contributed by atoms with Gasteiger partial charge >= 0.3 is 12.0 Å². The number of aromatic carboxylic acids is 1. The number of anilines is 1. The summed E-state index contributed by atoms with van der Waals surface area (Å²) < 4.78 is 16.9. The summed E-state index contributed by atoms with van der Waals surface area (Å²) in [6.45, 7) is 4.23. The van der Waals surface area contributed by atoms with Gasteiger partial charge in [-0.05, 0) is 67.4 Å². The van der Waals surface area contributed by atoms with E-state index >= 15 is 0 Å². The lowest BCUT2D eigenvalue weighted by atomic mass is 10.1. The molecule has 1 fully saturated rings. The molecule has 4 amide bonds. The Bertz CT molecular complexity index is 1530. The summed E-state index contributed by atoms with van der Waals surface area (Å²) in [6, 6.07) is 12.8. The van der Waals surface area contributed by atoms with E-state index in [1.165, 1.54) is 36.4 Å². The second-order valence-corrected chi connectivity index (χ2v) is 9.37. The summed E-state index contributed by atoms with van der Waals surface area (Å²) >= 11 is 12.8. The highest BCUT2D eigenvalue weighted by molar-refractivity contribution is 6.40. The van der Waals surface area contributed by atoms with E-state index in [1.807, 2.05) is 0 Å². The number of rotatable bonds is 10. The van der Waals surface area contributed by atoms with Gasteiger partial charge in [-0.25, -0.2) is 14.5 Å². The summed E-state index contributed by atoms with van der Waals surface area (Å²) in [5.41, 5.74) is 0.893. The van der Waals surface area contributed by atoms with Crippen LogP contribution in [0.3, 0.4) is 0 Å². The van der Waals surface area contributed by atoms with Crippen LogP contribution < -0.4 is 24.4 Å². The first-order valence-corrected chi connectivity index (χ1v) is 13.1. The van der Waals surface area contributed by atoms with Gasteiger partial charge in [0.1, 0.15) is 23.7 Å². The lowest BCUT2D eigenvalue weighted by Crippen LogP contribution is -2.54. The number of barbiturate groups is 1. The first-order chi connectivity index (χ1) is 19.6. The third-order valence-corrected chi connectivity index (χ3v) is 6.36. The number of nitrogens with zero attached hydrogens (tertiary/aromatic N) is 1. The van der Waals surface area contributed by atoms with Gasteiger partial charge in [0.2, 0.25) is 0 Å². The summed E-state index contributed by atoms with van der Waals surface area (Å²) in [5.74, 6) is -2.01. The van der Waals surface area contributed by atoms with Gasteiger partial charge in [0.05, 0.1) is 34.5 Å². The predicted molar refractivity (Wildman–Crippen MR) is 152 cm³/mol. The van der Waals surface area contributed by atoms with Crippen molar-refractivity contribution in [3.05, 3.63) is 86.9 Å². The largest absolute Gasteiger partial charge is 0.494 e. The molecule has 3 aromatic rings. The summed E-state index contributed by atoms with van der Waals surface area (Å²) in [7, 11) is 0. The van der Waals surface area contributed by atoms with Crippen LogP contribution in [-0.2, 0) is 16.2 Å². The van der Waals surface area contributed by atoms with Crippen molar-refractivity contribution in [1.29, 1.82) is 0 Å². The van der Waals surface area contributed by atoms with Crippen LogP contribution in [0.15, 0.2) is 60.2 Å². The maximum atomic E-state index is 13.5. The fourth-order valence-electron chi connectivity index (χ4n) is 3.95. The number of halogens is 2. The first kappa shape index (κ1) is 29.4. The lowest BCUT2D eigenvalue weighted by molar-refractivity contribution is -0.122. The van der Waals surface area contributed by atoms with Crippen molar-refractivity contribution in [2.45, 2.75) is 20.5 Å². The van der Waals surface area contributed by atoms with E-state index in [2.05, 4.69) is 5.32 Å². The van der Waals surface area contributed by atoms with Crippen LogP contribution in [-0.4, -0.2) is 42.1 Å². The third kappa shape index (κ3) is 6.62. The minimum absolute atomic E-state index is 0.0563. The molecule has 1 heterocycles. The van der Waals surface area contributed by atoms with E-state index in [-0.39, 0.29) is 51.6 Å². The zero-order chi connectivity index (χ0) is 29.7. The first-order valence-electron chi connectivity index (χ1n) is 12.4. The van der Waals surface area contributed by atoms with Crippen molar-refractivity contribution in [3.8, 4) is 17.2 Å². The van der Waals surface area contributed by atoms with Crippen LogP contribution in [0.1, 0.15) is 35.3 Å². The molecule has 10 nitrogen and oxygen atoms in total. The maximum Gasteiger partial charge on any atom is 0.336 e. The minimum Gasteiger partial charge on any atom is -0.494 e. The highest BCUT2D eigenvalue weighted by atomic mass is 35.5. The van der Waals surface area contributed by atoms with Crippen molar-refractivity contribution in [3.63, 3.8) is 0 Å². The number of carboxylic acids is 1. The van der Waals surface area contributed by atoms with Gasteiger partial charge in [0.25, 0.3) is 11.8 Å². The monoisotopic (exact) mass is 598 g/mol. The molecule has 0 aromatic heterocycles. The number of carbonyl (C=O) groups excluding carboxylic acids is 3. The molecule has 0 atom stereocenters. The average molecular weight is 599 g/mol.